The van der Waals surface area contributed by atoms with Crippen LogP contribution in [-0.2, 0) is 35.2 Å². The first-order valence-electron chi connectivity index (χ1n) is 15.5. The summed E-state index contributed by atoms with van der Waals surface area (Å²) in [6, 6.07) is 10.0. The van der Waals surface area contributed by atoms with E-state index in [0.717, 1.165) is 49.5 Å². The molecule has 0 aliphatic carbocycles. The quantitative estimate of drug-likeness (QED) is 0.174. The molecule has 0 radical (unpaired) electrons. The van der Waals surface area contributed by atoms with Gasteiger partial charge in [-0.25, -0.2) is 4.79 Å². The van der Waals surface area contributed by atoms with Gasteiger partial charge in [-0.3, -0.25) is 19.2 Å². The van der Waals surface area contributed by atoms with Crippen molar-refractivity contribution in [3.63, 3.8) is 0 Å². The summed E-state index contributed by atoms with van der Waals surface area (Å²) >= 11 is 0. The zero-order chi connectivity index (χ0) is 35.9. The van der Waals surface area contributed by atoms with Crippen molar-refractivity contribution in [1.29, 1.82) is 0 Å². The minimum absolute atomic E-state index is 0.0343. The zero-order valence-electron chi connectivity index (χ0n) is 26.5. The number of carboxylic acid groups (broad SMARTS) is 3. The average Bonchev–Trinajstić information content (AvgIpc) is 3.03. The SMILES string of the molecule is CCN(CC(=O)N[C@@H](CC(=O)O)C(=O)N[C@@H](Cc1cccc2ccccc12)C(=O)O)C(=O)CCCC1CC[NH2+]CC1.O=C([O-])C(F)(F)F. The van der Waals surface area contributed by atoms with Crippen LogP contribution in [0.4, 0.5) is 13.2 Å². The molecule has 1 fully saturated rings. The predicted octanol–water partition coefficient (Wildman–Crippen LogP) is 0.202. The van der Waals surface area contributed by atoms with Crippen molar-refractivity contribution < 1.29 is 62.6 Å². The van der Waals surface area contributed by atoms with Gasteiger partial charge in [-0.05, 0) is 54.9 Å². The third-order valence-electron chi connectivity index (χ3n) is 7.81. The number of rotatable bonds is 15. The van der Waals surface area contributed by atoms with E-state index in [4.69, 9.17) is 9.90 Å². The van der Waals surface area contributed by atoms with Crippen molar-refractivity contribution in [2.24, 2.45) is 5.92 Å². The van der Waals surface area contributed by atoms with Crippen molar-refractivity contribution in [3.8, 4) is 0 Å². The standard InChI is InChI=1S/C30H40N4O7.C2HF3O2/c1-2-34(27(36)12-5-7-20-13-15-31-16-14-20)19-26(35)32-24(18-28(37)38)29(39)33-25(30(40)41)17-22-10-6-9-21-8-3-4-11-23(21)22;3-2(4,5)1(6)7/h3-4,6,8-11,20,24-25,31H,2,5,7,12-19H2,1H3,(H,32,35)(H,33,39)(H,37,38)(H,40,41);(H,6,7)/t24-,25-;/m0./s1. The van der Waals surface area contributed by atoms with Gasteiger partial charge in [-0.15, -0.1) is 0 Å². The molecule has 0 spiro atoms. The van der Waals surface area contributed by atoms with Crippen LogP contribution in [0.2, 0.25) is 0 Å². The van der Waals surface area contributed by atoms with Gasteiger partial charge in [-0.2, -0.15) is 13.2 Å². The van der Waals surface area contributed by atoms with Crippen LogP contribution >= 0.6 is 0 Å². The molecule has 264 valence electrons. The number of carbonyl (C=O) groups excluding carboxylic acids is 4. The minimum atomic E-state index is -5.19. The summed E-state index contributed by atoms with van der Waals surface area (Å²) in [6.45, 7) is 3.93. The van der Waals surface area contributed by atoms with Crippen LogP contribution in [0.3, 0.4) is 0 Å². The Kier molecular flexibility index (Phi) is 15.8. The Hall–Kier alpha value is -4.73. The first-order valence-corrected chi connectivity index (χ1v) is 15.5. The minimum Gasteiger partial charge on any atom is -0.542 e. The molecule has 2 aromatic carbocycles. The van der Waals surface area contributed by atoms with Gasteiger partial charge in [0.2, 0.25) is 17.7 Å². The van der Waals surface area contributed by atoms with Gasteiger partial charge in [0.05, 0.1) is 26.1 Å². The van der Waals surface area contributed by atoms with Crippen LogP contribution in [0.5, 0.6) is 0 Å². The van der Waals surface area contributed by atoms with Crippen molar-refractivity contribution in [2.45, 2.75) is 70.1 Å². The normalized spacial score (nSPS) is 14.5. The molecule has 2 aromatic rings. The first kappa shape index (κ1) is 39.4. The van der Waals surface area contributed by atoms with E-state index in [2.05, 4.69) is 16.0 Å². The molecule has 1 saturated heterocycles. The summed E-state index contributed by atoms with van der Waals surface area (Å²) in [5, 5.41) is 36.8. The Labute approximate surface area is 274 Å². The number of aliphatic carboxylic acids is 3. The lowest BCUT2D eigenvalue weighted by molar-refractivity contribution is -0.664. The smallest absolute Gasteiger partial charge is 0.430 e. The Balaban J connectivity index is 0.00000103. The molecule has 1 aliphatic rings. The maximum absolute atomic E-state index is 13.0. The summed E-state index contributed by atoms with van der Waals surface area (Å²) in [4.78, 5) is 72.2. The summed E-state index contributed by atoms with van der Waals surface area (Å²) in [5.41, 5.74) is 0.702. The van der Waals surface area contributed by atoms with Crippen molar-refractivity contribution >= 4 is 46.4 Å². The fourth-order valence-corrected chi connectivity index (χ4v) is 5.32. The highest BCUT2D eigenvalue weighted by atomic mass is 19.4. The topological polar surface area (TPSA) is 210 Å². The average molecular weight is 683 g/mol. The number of halogens is 3. The van der Waals surface area contributed by atoms with Crippen LogP contribution in [0.15, 0.2) is 42.5 Å². The van der Waals surface area contributed by atoms with E-state index in [-0.39, 0.29) is 25.4 Å². The third kappa shape index (κ3) is 13.6. The molecule has 2 atom stereocenters. The molecule has 16 heteroatoms. The number of benzene rings is 2. The van der Waals surface area contributed by atoms with Gasteiger partial charge in [-0.1, -0.05) is 42.5 Å². The number of carboxylic acids is 3. The lowest BCUT2D eigenvalue weighted by Crippen LogP contribution is -2.86. The number of piperidine rings is 1. The maximum atomic E-state index is 13.0. The third-order valence-corrected chi connectivity index (χ3v) is 7.81. The second-order valence-corrected chi connectivity index (χ2v) is 11.4. The van der Waals surface area contributed by atoms with Gasteiger partial charge < -0.3 is 41.0 Å². The number of amides is 3. The lowest BCUT2D eigenvalue weighted by Gasteiger charge is -2.24. The number of quaternary nitrogens is 1. The monoisotopic (exact) mass is 682 g/mol. The highest BCUT2D eigenvalue weighted by Gasteiger charge is 2.30. The van der Waals surface area contributed by atoms with E-state index in [9.17, 15) is 47.4 Å². The number of fused-ring (bicyclic) bond motifs is 1. The number of likely N-dealkylation sites (N-methyl/N-ethyl adjacent to an activating group) is 1. The maximum Gasteiger partial charge on any atom is 0.430 e. The number of nitrogens with one attached hydrogen (secondary N) is 2. The molecule has 0 bridgehead atoms. The molecule has 13 nitrogen and oxygen atoms in total. The Morgan fingerprint density at radius 1 is 0.979 bits per heavy atom. The van der Waals surface area contributed by atoms with Gasteiger partial charge in [0.1, 0.15) is 18.1 Å². The largest absolute Gasteiger partial charge is 0.542 e. The van der Waals surface area contributed by atoms with Gasteiger partial charge >= 0.3 is 18.1 Å². The Morgan fingerprint density at radius 2 is 1.60 bits per heavy atom. The number of alkyl halides is 3. The molecule has 0 unspecified atom stereocenters. The summed E-state index contributed by atoms with van der Waals surface area (Å²) in [7, 11) is 0. The fourth-order valence-electron chi connectivity index (χ4n) is 5.32. The van der Waals surface area contributed by atoms with E-state index < -0.39 is 54.4 Å². The molecular weight excluding hydrogens is 641 g/mol. The van der Waals surface area contributed by atoms with E-state index in [1.807, 2.05) is 30.3 Å². The molecule has 6 N–H and O–H groups in total. The van der Waals surface area contributed by atoms with E-state index in [0.29, 0.717) is 17.9 Å². The summed E-state index contributed by atoms with van der Waals surface area (Å²) < 4.78 is 31.5. The molecule has 1 aliphatic heterocycles. The molecule has 48 heavy (non-hydrogen) atoms. The van der Waals surface area contributed by atoms with Crippen molar-refractivity contribution in [1.82, 2.24) is 15.5 Å². The van der Waals surface area contributed by atoms with Crippen molar-refractivity contribution in [2.75, 3.05) is 26.2 Å². The summed E-state index contributed by atoms with van der Waals surface area (Å²) in [6.07, 6.45) is -1.66. The van der Waals surface area contributed by atoms with E-state index in [1.54, 1.807) is 19.1 Å². The van der Waals surface area contributed by atoms with Crippen molar-refractivity contribution in [3.05, 3.63) is 48.0 Å². The van der Waals surface area contributed by atoms with Crippen LogP contribution in [0, 0.1) is 5.92 Å². The first-order chi connectivity index (χ1) is 22.6. The predicted molar refractivity (Wildman–Crippen MR) is 163 cm³/mol. The number of carbonyl (C=O) groups is 6. The van der Waals surface area contributed by atoms with E-state index in [1.165, 1.54) is 4.90 Å². The Bertz CT molecular complexity index is 1430. The van der Waals surface area contributed by atoms with Gasteiger partial charge in [0.15, 0.2) is 0 Å². The van der Waals surface area contributed by atoms with Gasteiger partial charge in [0.25, 0.3) is 0 Å². The van der Waals surface area contributed by atoms with Crippen LogP contribution in [-0.4, -0.2) is 95.2 Å². The fraction of sp³-hybridized carbons (Fsp3) is 0.500. The zero-order valence-corrected chi connectivity index (χ0v) is 26.5. The highest BCUT2D eigenvalue weighted by Crippen LogP contribution is 2.20. The molecule has 3 amide bonds. The van der Waals surface area contributed by atoms with Crippen LogP contribution in [0.1, 0.15) is 51.0 Å². The molecular formula is C32H41F3N4O9. The number of nitrogens with two attached hydrogens (primary N) is 1. The van der Waals surface area contributed by atoms with E-state index >= 15 is 0 Å². The number of hydrogen-bond acceptors (Lipinski definition) is 7. The highest BCUT2D eigenvalue weighted by molar-refractivity contribution is 5.94. The summed E-state index contributed by atoms with van der Waals surface area (Å²) in [5.74, 6) is -6.80. The number of nitrogens with zero attached hydrogens (tertiary/aromatic N) is 1. The van der Waals surface area contributed by atoms with Crippen LogP contribution in [0.25, 0.3) is 10.8 Å². The Morgan fingerprint density at radius 3 is 2.19 bits per heavy atom. The van der Waals surface area contributed by atoms with Gasteiger partial charge in [0, 0.05) is 19.4 Å². The second kappa shape index (κ2) is 19.2. The van der Waals surface area contributed by atoms with Crippen LogP contribution < -0.4 is 21.1 Å². The molecule has 0 aromatic heterocycles. The molecule has 3 rings (SSSR count). The lowest BCUT2D eigenvalue weighted by atomic mass is 9.92. The molecule has 1 heterocycles. The second-order valence-electron chi connectivity index (χ2n) is 11.4. The number of hydrogen-bond donors (Lipinski definition) is 5. The molecule has 0 saturated carbocycles.